The molecule has 0 fully saturated rings. The lowest BCUT2D eigenvalue weighted by molar-refractivity contribution is -0.167. The molecule has 1 rings (SSSR count). The van der Waals surface area contributed by atoms with E-state index in [2.05, 4.69) is 43.2 Å². The van der Waals surface area contributed by atoms with Crippen LogP contribution in [-0.4, -0.2) is 18.2 Å². The average Bonchev–Trinajstić information content (AvgIpc) is 2.47. The first-order valence-corrected chi connectivity index (χ1v) is 7.78. The van der Waals surface area contributed by atoms with Gasteiger partial charge in [-0.05, 0) is 12.0 Å². The Morgan fingerprint density at radius 3 is 2.26 bits per heavy atom. The summed E-state index contributed by atoms with van der Waals surface area (Å²) in [7, 11) is 0. The van der Waals surface area contributed by atoms with E-state index < -0.39 is 0 Å². The summed E-state index contributed by atoms with van der Waals surface area (Å²) in [5.74, 6) is 0. The van der Waals surface area contributed by atoms with Crippen LogP contribution in [0.15, 0.2) is 30.3 Å². The van der Waals surface area contributed by atoms with Crippen molar-refractivity contribution in [2.24, 2.45) is 0 Å². The Kier molecular flexibility index (Phi) is 9.38. The van der Waals surface area contributed by atoms with Gasteiger partial charge in [0.05, 0.1) is 6.61 Å². The number of hydrogen-bond acceptors (Lipinski definition) is 2. The van der Waals surface area contributed by atoms with Crippen molar-refractivity contribution in [1.82, 2.24) is 5.06 Å². The van der Waals surface area contributed by atoms with Crippen LogP contribution in [0.1, 0.15) is 57.9 Å². The lowest BCUT2D eigenvalue weighted by Crippen LogP contribution is -2.24. The van der Waals surface area contributed by atoms with Crippen LogP contribution in [0.25, 0.3) is 0 Å². The van der Waals surface area contributed by atoms with E-state index in [4.69, 9.17) is 4.84 Å². The van der Waals surface area contributed by atoms with Crippen LogP contribution in [0, 0.1) is 0 Å². The van der Waals surface area contributed by atoms with Crippen LogP contribution in [0.3, 0.4) is 0 Å². The van der Waals surface area contributed by atoms with Crippen LogP contribution >= 0.6 is 0 Å². The number of hydrogen-bond donors (Lipinski definition) is 0. The smallest absolute Gasteiger partial charge is 0.0935 e. The van der Waals surface area contributed by atoms with Gasteiger partial charge in [-0.3, -0.25) is 4.84 Å². The van der Waals surface area contributed by atoms with Crippen LogP contribution < -0.4 is 0 Å². The first kappa shape index (κ1) is 16.2. The van der Waals surface area contributed by atoms with E-state index in [1.54, 1.807) is 0 Å². The van der Waals surface area contributed by atoms with E-state index in [0.717, 1.165) is 13.1 Å². The van der Waals surface area contributed by atoms with E-state index in [0.29, 0.717) is 6.61 Å². The number of hydroxylamine groups is 2. The van der Waals surface area contributed by atoms with Crippen LogP contribution in [0.4, 0.5) is 0 Å². The second kappa shape index (κ2) is 11.0. The molecule has 0 bridgehead atoms. The van der Waals surface area contributed by atoms with Crippen molar-refractivity contribution in [1.29, 1.82) is 0 Å². The molecular weight excluding hydrogens is 234 g/mol. The lowest BCUT2D eigenvalue weighted by Gasteiger charge is -2.20. The average molecular weight is 263 g/mol. The van der Waals surface area contributed by atoms with Gasteiger partial charge in [0.15, 0.2) is 0 Å². The minimum absolute atomic E-state index is 0.685. The van der Waals surface area contributed by atoms with Crippen LogP contribution in [-0.2, 0) is 11.4 Å². The Morgan fingerprint density at radius 1 is 0.895 bits per heavy atom. The molecule has 2 heteroatoms. The van der Waals surface area contributed by atoms with Crippen molar-refractivity contribution in [3.63, 3.8) is 0 Å². The highest BCUT2D eigenvalue weighted by atomic mass is 16.7. The number of unbranched alkanes of at least 4 members (excludes halogenated alkanes) is 5. The predicted molar refractivity (Wildman–Crippen MR) is 81.9 cm³/mol. The Morgan fingerprint density at radius 2 is 1.58 bits per heavy atom. The van der Waals surface area contributed by atoms with Crippen molar-refractivity contribution >= 4 is 0 Å². The van der Waals surface area contributed by atoms with Crippen molar-refractivity contribution < 1.29 is 4.84 Å². The highest BCUT2D eigenvalue weighted by molar-refractivity contribution is 5.13. The van der Waals surface area contributed by atoms with Gasteiger partial charge in [0.25, 0.3) is 0 Å². The van der Waals surface area contributed by atoms with Gasteiger partial charge in [-0.25, -0.2) is 0 Å². The molecule has 0 aromatic heterocycles. The summed E-state index contributed by atoms with van der Waals surface area (Å²) in [6.07, 6.45) is 8.01. The van der Waals surface area contributed by atoms with Gasteiger partial charge in [-0.15, -0.1) is 0 Å². The third kappa shape index (κ3) is 8.02. The first-order valence-electron chi connectivity index (χ1n) is 7.78. The lowest BCUT2D eigenvalue weighted by atomic mass is 10.1. The largest absolute Gasteiger partial charge is 0.294 e. The maximum Gasteiger partial charge on any atom is 0.0935 e. The topological polar surface area (TPSA) is 12.5 Å². The highest BCUT2D eigenvalue weighted by Gasteiger charge is 2.02. The Hall–Kier alpha value is -0.860. The predicted octanol–water partition coefficient (Wildman–Crippen LogP) is 4.80. The molecule has 0 saturated carbocycles. The summed E-state index contributed by atoms with van der Waals surface area (Å²) < 4.78 is 0. The van der Waals surface area contributed by atoms with Gasteiger partial charge in [0.1, 0.15) is 0 Å². The molecule has 108 valence electrons. The summed E-state index contributed by atoms with van der Waals surface area (Å²) in [5, 5.41) is 2.09. The van der Waals surface area contributed by atoms with E-state index >= 15 is 0 Å². The third-order valence-corrected chi connectivity index (χ3v) is 3.37. The molecule has 0 radical (unpaired) electrons. The Balaban J connectivity index is 2.09. The molecule has 0 aliphatic heterocycles. The molecule has 2 nitrogen and oxygen atoms in total. The molecule has 0 N–H and O–H groups in total. The molecule has 0 unspecified atom stereocenters. The minimum Gasteiger partial charge on any atom is -0.294 e. The maximum absolute atomic E-state index is 5.84. The molecule has 0 aliphatic rings. The zero-order valence-corrected chi connectivity index (χ0v) is 12.6. The zero-order chi connectivity index (χ0) is 13.8. The quantitative estimate of drug-likeness (QED) is 0.420. The zero-order valence-electron chi connectivity index (χ0n) is 12.6. The van der Waals surface area contributed by atoms with Crippen LogP contribution in [0.5, 0.6) is 0 Å². The molecule has 0 aliphatic carbocycles. The Bertz CT molecular complexity index is 299. The van der Waals surface area contributed by atoms with Crippen LogP contribution in [0.2, 0.25) is 0 Å². The van der Waals surface area contributed by atoms with Crippen molar-refractivity contribution in [3.05, 3.63) is 35.9 Å². The standard InChI is InChI=1S/C17H29NO/c1-3-5-6-7-8-12-15-18(4-2)19-16-17-13-10-9-11-14-17/h9-11,13-14H,3-8,12,15-16H2,1-2H3. The molecule has 0 spiro atoms. The molecular formula is C17H29NO. The fourth-order valence-corrected chi connectivity index (χ4v) is 2.12. The Labute approximate surface area is 118 Å². The van der Waals surface area contributed by atoms with Gasteiger partial charge < -0.3 is 0 Å². The molecule has 19 heavy (non-hydrogen) atoms. The SMILES string of the molecule is CCCCCCCCN(CC)OCc1ccccc1. The van der Waals surface area contributed by atoms with Gasteiger partial charge in [-0.1, -0.05) is 76.3 Å². The molecule has 1 aromatic rings. The molecule has 0 heterocycles. The van der Waals surface area contributed by atoms with Crippen molar-refractivity contribution in [2.45, 2.75) is 59.0 Å². The first-order chi connectivity index (χ1) is 9.36. The molecule has 0 atom stereocenters. The number of benzene rings is 1. The molecule has 0 amide bonds. The summed E-state index contributed by atoms with van der Waals surface area (Å²) in [6, 6.07) is 10.4. The van der Waals surface area contributed by atoms with Gasteiger partial charge >= 0.3 is 0 Å². The second-order valence-electron chi connectivity index (χ2n) is 5.05. The highest BCUT2D eigenvalue weighted by Crippen LogP contribution is 2.07. The normalized spacial score (nSPS) is 11.1. The van der Waals surface area contributed by atoms with E-state index in [1.807, 2.05) is 6.07 Å². The van der Waals surface area contributed by atoms with Gasteiger partial charge in [-0.2, -0.15) is 5.06 Å². The maximum atomic E-state index is 5.84. The fourth-order valence-electron chi connectivity index (χ4n) is 2.12. The fraction of sp³-hybridized carbons (Fsp3) is 0.647. The summed E-state index contributed by atoms with van der Waals surface area (Å²) >= 11 is 0. The molecule has 0 saturated heterocycles. The summed E-state index contributed by atoms with van der Waals surface area (Å²) in [5.41, 5.74) is 1.24. The van der Waals surface area contributed by atoms with E-state index in [-0.39, 0.29) is 0 Å². The van der Waals surface area contributed by atoms with Gasteiger partial charge in [0, 0.05) is 13.1 Å². The summed E-state index contributed by atoms with van der Waals surface area (Å²) in [4.78, 5) is 5.84. The third-order valence-electron chi connectivity index (χ3n) is 3.37. The van der Waals surface area contributed by atoms with E-state index in [9.17, 15) is 0 Å². The summed E-state index contributed by atoms with van der Waals surface area (Å²) in [6.45, 7) is 7.11. The molecule has 1 aromatic carbocycles. The monoisotopic (exact) mass is 263 g/mol. The van der Waals surface area contributed by atoms with Gasteiger partial charge in [0.2, 0.25) is 0 Å². The number of nitrogens with zero attached hydrogens (tertiary/aromatic N) is 1. The van der Waals surface area contributed by atoms with E-state index in [1.165, 1.54) is 44.1 Å². The van der Waals surface area contributed by atoms with Crippen molar-refractivity contribution in [3.8, 4) is 0 Å². The number of rotatable bonds is 11. The van der Waals surface area contributed by atoms with Crippen molar-refractivity contribution in [2.75, 3.05) is 13.1 Å². The minimum atomic E-state index is 0.685. The second-order valence-corrected chi connectivity index (χ2v) is 5.05.